The number of hydrogen-bond donors (Lipinski definition) is 1. The second-order valence-electron chi connectivity index (χ2n) is 7.59. The molecule has 2 aromatic heterocycles. The molecule has 142 valence electrons. The summed E-state index contributed by atoms with van der Waals surface area (Å²) < 4.78 is 7.22. The van der Waals surface area contributed by atoms with E-state index in [4.69, 9.17) is 9.40 Å². The summed E-state index contributed by atoms with van der Waals surface area (Å²) in [6, 6.07) is 16.6. The number of para-hydroxylation sites is 1. The van der Waals surface area contributed by atoms with Crippen molar-refractivity contribution in [2.24, 2.45) is 0 Å². The molecule has 0 atom stereocenters. The van der Waals surface area contributed by atoms with Gasteiger partial charge in [-0.25, -0.2) is 4.98 Å². The van der Waals surface area contributed by atoms with Gasteiger partial charge in [0.05, 0.1) is 28.3 Å². The van der Waals surface area contributed by atoms with Crippen LogP contribution in [0.15, 0.2) is 52.9 Å². The van der Waals surface area contributed by atoms with Crippen molar-refractivity contribution in [3.63, 3.8) is 0 Å². The van der Waals surface area contributed by atoms with E-state index in [-0.39, 0.29) is 0 Å². The number of thiazole rings is 1. The van der Waals surface area contributed by atoms with Crippen LogP contribution in [-0.2, 0) is 6.54 Å². The molecule has 0 radical (unpaired) electrons. The maximum atomic E-state index is 5.93. The Morgan fingerprint density at radius 3 is 2.75 bits per heavy atom. The lowest BCUT2D eigenvalue weighted by molar-refractivity contribution is -0.920. The van der Waals surface area contributed by atoms with Crippen LogP contribution in [0.25, 0.3) is 21.7 Å². The molecule has 0 saturated carbocycles. The van der Waals surface area contributed by atoms with Gasteiger partial charge in [0, 0.05) is 24.3 Å². The van der Waals surface area contributed by atoms with E-state index in [1.165, 1.54) is 20.2 Å². The molecule has 6 heteroatoms. The van der Waals surface area contributed by atoms with E-state index in [9.17, 15) is 0 Å². The summed E-state index contributed by atoms with van der Waals surface area (Å²) in [7, 11) is 0. The number of aryl methyl sites for hydroxylation is 1. The average Bonchev–Trinajstić information content (AvgIpc) is 3.35. The molecule has 3 heterocycles. The molecular weight excluding hydrogens is 368 g/mol. The predicted molar refractivity (Wildman–Crippen MR) is 110 cm³/mol. The lowest BCUT2D eigenvalue weighted by Gasteiger charge is -2.27. The van der Waals surface area contributed by atoms with Crippen molar-refractivity contribution in [3.8, 4) is 11.5 Å². The molecule has 0 unspecified atom stereocenters. The second-order valence-corrected chi connectivity index (χ2v) is 8.65. The standard InChI is InChI=1S/C22H22N4OS/c1-15-5-4-6-17(13-15)21-25-24-20(27-21)14-26-11-9-16(10-12-26)22-23-18-7-2-3-8-19(18)28-22/h2-8,13,16H,9-12,14H2,1H3/p+1. The van der Waals surface area contributed by atoms with Gasteiger partial charge in [0.25, 0.3) is 5.89 Å². The number of rotatable bonds is 4. The third kappa shape index (κ3) is 3.57. The Balaban J connectivity index is 1.22. The Labute approximate surface area is 168 Å². The molecule has 1 saturated heterocycles. The van der Waals surface area contributed by atoms with Gasteiger partial charge < -0.3 is 9.32 Å². The zero-order valence-corrected chi connectivity index (χ0v) is 16.7. The zero-order valence-electron chi connectivity index (χ0n) is 15.9. The molecule has 2 aromatic carbocycles. The second kappa shape index (κ2) is 7.45. The van der Waals surface area contributed by atoms with Crippen LogP contribution in [0.1, 0.15) is 35.2 Å². The van der Waals surface area contributed by atoms with Crippen molar-refractivity contribution in [3.05, 3.63) is 65.0 Å². The summed E-state index contributed by atoms with van der Waals surface area (Å²) in [6.07, 6.45) is 2.32. The van der Waals surface area contributed by atoms with Crippen molar-refractivity contribution in [2.75, 3.05) is 13.1 Å². The van der Waals surface area contributed by atoms with Gasteiger partial charge in [0.1, 0.15) is 0 Å². The maximum Gasteiger partial charge on any atom is 0.271 e. The predicted octanol–water partition coefficient (Wildman–Crippen LogP) is 3.62. The van der Waals surface area contributed by atoms with Gasteiger partial charge in [-0.15, -0.1) is 21.5 Å². The van der Waals surface area contributed by atoms with E-state index in [1.54, 1.807) is 0 Å². The van der Waals surface area contributed by atoms with Gasteiger partial charge in [-0.05, 0) is 31.2 Å². The van der Waals surface area contributed by atoms with Crippen LogP contribution < -0.4 is 4.90 Å². The molecule has 0 amide bonds. The molecule has 5 nitrogen and oxygen atoms in total. The molecule has 1 aliphatic heterocycles. The molecule has 1 N–H and O–H groups in total. The highest BCUT2D eigenvalue weighted by molar-refractivity contribution is 7.18. The fourth-order valence-corrected chi connectivity index (χ4v) is 5.08. The number of fused-ring (bicyclic) bond motifs is 1. The van der Waals surface area contributed by atoms with E-state index in [2.05, 4.69) is 53.5 Å². The lowest BCUT2D eigenvalue weighted by Crippen LogP contribution is -3.11. The summed E-state index contributed by atoms with van der Waals surface area (Å²) in [6.45, 7) is 5.09. The van der Waals surface area contributed by atoms with E-state index < -0.39 is 0 Å². The molecule has 1 aliphatic rings. The van der Waals surface area contributed by atoms with E-state index >= 15 is 0 Å². The van der Waals surface area contributed by atoms with Crippen LogP contribution in [0.4, 0.5) is 0 Å². The number of likely N-dealkylation sites (tertiary alicyclic amines) is 1. The van der Waals surface area contributed by atoms with Gasteiger partial charge in [0.2, 0.25) is 5.89 Å². The molecule has 28 heavy (non-hydrogen) atoms. The highest BCUT2D eigenvalue weighted by atomic mass is 32.1. The fraction of sp³-hybridized carbons (Fsp3) is 0.318. The third-order valence-corrected chi connectivity index (χ3v) is 6.68. The minimum absolute atomic E-state index is 0.576. The summed E-state index contributed by atoms with van der Waals surface area (Å²) in [5.41, 5.74) is 3.31. The van der Waals surface area contributed by atoms with Crippen molar-refractivity contribution in [2.45, 2.75) is 32.2 Å². The van der Waals surface area contributed by atoms with Crippen LogP contribution in [0.5, 0.6) is 0 Å². The molecule has 5 rings (SSSR count). The van der Waals surface area contributed by atoms with Gasteiger partial charge in [0.15, 0.2) is 6.54 Å². The molecule has 4 aromatic rings. The van der Waals surface area contributed by atoms with Gasteiger partial charge in [-0.1, -0.05) is 29.8 Å². The Hall–Kier alpha value is -2.57. The molecule has 0 spiro atoms. The van der Waals surface area contributed by atoms with Crippen LogP contribution in [0, 0.1) is 6.92 Å². The Kier molecular flexibility index (Phi) is 4.66. The highest BCUT2D eigenvalue weighted by Gasteiger charge is 2.27. The largest absolute Gasteiger partial charge is 0.415 e. The van der Waals surface area contributed by atoms with E-state index in [0.29, 0.717) is 11.8 Å². The normalized spacial score (nSPS) is 19.9. The first-order valence-corrected chi connectivity index (χ1v) is 10.6. The Bertz CT molecular complexity index is 1060. The Morgan fingerprint density at radius 2 is 1.93 bits per heavy atom. The quantitative estimate of drug-likeness (QED) is 0.577. The number of nitrogens with zero attached hydrogens (tertiary/aromatic N) is 3. The number of piperidine rings is 1. The number of hydrogen-bond acceptors (Lipinski definition) is 5. The summed E-state index contributed by atoms with van der Waals surface area (Å²) in [5, 5.41) is 9.81. The summed E-state index contributed by atoms with van der Waals surface area (Å²) in [5.74, 6) is 1.92. The first-order chi connectivity index (χ1) is 13.7. The minimum Gasteiger partial charge on any atom is -0.415 e. The maximum absolute atomic E-state index is 5.93. The molecule has 1 fully saturated rings. The van der Waals surface area contributed by atoms with Gasteiger partial charge in [-0.2, -0.15) is 0 Å². The highest BCUT2D eigenvalue weighted by Crippen LogP contribution is 2.31. The van der Waals surface area contributed by atoms with Gasteiger partial charge in [-0.3, -0.25) is 0 Å². The first kappa shape index (κ1) is 17.5. The smallest absolute Gasteiger partial charge is 0.271 e. The molecule has 0 bridgehead atoms. The summed E-state index contributed by atoms with van der Waals surface area (Å²) >= 11 is 1.85. The van der Waals surface area contributed by atoms with Crippen LogP contribution in [-0.4, -0.2) is 28.3 Å². The molecular formula is C22H23N4OS+. The number of benzene rings is 2. The van der Waals surface area contributed by atoms with E-state index in [1.807, 2.05) is 23.5 Å². The van der Waals surface area contributed by atoms with Crippen molar-refractivity contribution in [1.82, 2.24) is 15.2 Å². The van der Waals surface area contributed by atoms with Crippen molar-refractivity contribution >= 4 is 21.6 Å². The lowest BCUT2D eigenvalue weighted by atomic mass is 9.97. The van der Waals surface area contributed by atoms with Crippen molar-refractivity contribution in [1.29, 1.82) is 0 Å². The van der Waals surface area contributed by atoms with Crippen LogP contribution in [0.2, 0.25) is 0 Å². The topological polar surface area (TPSA) is 56.2 Å². The SMILES string of the molecule is Cc1cccc(-c2nnc(C[NH+]3CCC(c4nc5ccccc5s4)CC3)o2)c1. The van der Waals surface area contributed by atoms with Gasteiger partial charge >= 0.3 is 0 Å². The third-order valence-electron chi connectivity index (χ3n) is 5.49. The summed E-state index contributed by atoms with van der Waals surface area (Å²) in [4.78, 5) is 6.37. The van der Waals surface area contributed by atoms with E-state index in [0.717, 1.165) is 49.4 Å². The fourth-order valence-electron chi connectivity index (χ4n) is 3.95. The number of nitrogens with one attached hydrogen (secondary N) is 1. The molecule has 0 aliphatic carbocycles. The van der Waals surface area contributed by atoms with Crippen molar-refractivity contribution < 1.29 is 9.32 Å². The van der Waals surface area contributed by atoms with Crippen LogP contribution in [0.3, 0.4) is 0 Å². The first-order valence-electron chi connectivity index (χ1n) is 9.83. The minimum atomic E-state index is 0.576. The Morgan fingerprint density at radius 1 is 1.07 bits per heavy atom. The average molecular weight is 392 g/mol. The number of aromatic nitrogens is 3. The number of quaternary nitrogens is 1. The van der Waals surface area contributed by atoms with Crippen LogP contribution >= 0.6 is 11.3 Å². The zero-order chi connectivity index (χ0) is 18.9. The monoisotopic (exact) mass is 391 g/mol.